The predicted molar refractivity (Wildman–Crippen MR) is 96.5 cm³/mol. The minimum Gasteiger partial charge on any atom is -0.489 e. The number of carbonyl (C=O) groups is 1. The van der Waals surface area contributed by atoms with E-state index in [0.29, 0.717) is 16.3 Å². The standard InChI is InChI=1S/C19H22ClNO4/c1-12(2)15-6-4-5-7-17(15)25-11-13-10-14(20)8-9-16(13)19(23,24)18(22)21-3/h4-10,12,23-24H,11H2,1-3H3,(H,21,22). The van der Waals surface area contributed by atoms with Gasteiger partial charge in [0.2, 0.25) is 0 Å². The molecule has 0 fully saturated rings. The molecule has 0 saturated carbocycles. The van der Waals surface area contributed by atoms with Gasteiger partial charge in [-0.15, -0.1) is 0 Å². The number of hydrogen-bond donors (Lipinski definition) is 3. The van der Waals surface area contributed by atoms with Crippen molar-refractivity contribution < 1.29 is 19.7 Å². The third kappa shape index (κ3) is 4.31. The Morgan fingerprint density at radius 1 is 1.24 bits per heavy atom. The number of carbonyl (C=O) groups excluding carboxylic acids is 1. The fourth-order valence-electron chi connectivity index (χ4n) is 2.56. The summed E-state index contributed by atoms with van der Waals surface area (Å²) in [6, 6.07) is 12.1. The number of hydrogen-bond acceptors (Lipinski definition) is 4. The third-order valence-electron chi connectivity index (χ3n) is 3.91. The van der Waals surface area contributed by atoms with Crippen LogP contribution in [0.3, 0.4) is 0 Å². The Morgan fingerprint density at radius 2 is 1.92 bits per heavy atom. The Hall–Kier alpha value is -2.08. The van der Waals surface area contributed by atoms with Gasteiger partial charge in [-0.2, -0.15) is 0 Å². The average Bonchev–Trinajstić information content (AvgIpc) is 2.59. The van der Waals surface area contributed by atoms with Crippen molar-refractivity contribution in [2.75, 3.05) is 7.05 Å². The second-order valence-corrected chi connectivity index (χ2v) is 6.47. The van der Waals surface area contributed by atoms with Gasteiger partial charge in [-0.1, -0.05) is 49.7 Å². The minimum absolute atomic E-state index is 0.0262. The second-order valence-electron chi connectivity index (χ2n) is 6.03. The van der Waals surface area contributed by atoms with Crippen LogP contribution in [-0.2, 0) is 17.2 Å². The van der Waals surface area contributed by atoms with Crippen LogP contribution in [0, 0.1) is 0 Å². The number of likely N-dealkylation sites (N-methyl/N-ethyl adjacent to an activating group) is 1. The van der Waals surface area contributed by atoms with Crippen molar-refractivity contribution in [2.24, 2.45) is 0 Å². The lowest BCUT2D eigenvalue weighted by molar-refractivity contribution is -0.189. The number of nitrogens with one attached hydrogen (secondary N) is 1. The topological polar surface area (TPSA) is 78.8 Å². The summed E-state index contributed by atoms with van der Waals surface area (Å²) in [5.74, 6) is -2.63. The van der Waals surface area contributed by atoms with Crippen LogP contribution in [0.2, 0.25) is 5.02 Å². The van der Waals surface area contributed by atoms with Crippen molar-refractivity contribution in [3.05, 3.63) is 64.2 Å². The van der Waals surface area contributed by atoms with Crippen molar-refractivity contribution in [2.45, 2.75) is 32.2 Å². The molecule has 0 aromatic heterocycles. The first-order valence-electron chi connectivity index (χ1n) is 7.95. The maximum Gasteiger partial charge on any atom is 0.284 e. The lowest BCUT2D eigenvalue weighted by Crippen LogP contribution is -2.43. The molecular weight excluding hydrogens is 342 g/mol. The molecule has 134 valence electrons. The van der Waals surface area contributed by atoms with Crippen LogP contribution < -0.4 is 10.1 Å². The maximum atomic E-state index is 11.8. The molecule has 0 spiro atoms. The molecule has 6 heteroatoms. The Kier molecular flexibility index (Phi) is 6.06. The van der Waals surface area contributed by atoms with Crippen LogP contribution in [0.15, 0.2) is 42.5 Å². The molecule has 2 aromatic carbocycles. The van der Waals surface area contributed by atoms with Crippen molar-refractivity contribution in [1.82, 2.24) is 5.32 Å². The largest absolute Gasteiger partial charge is 0.489 e. The van der Waals surface area contributed by atoms with Crippen LogP contribution in [0.4, 0.5) is 0 Å². The SMILES string of the molecule is CNC(=O)C(O)(O)c1ccc(Cl)cc1COc1ccccc1C(C)C. The summed E-state index contributed by atoms with van der Waals surface area (Å²) >= 11 is 6.02. The van der Waals surface area contributed by atoms with E-state index in [1.165, 1.54) is 19.2 Å². The summed E-state index contributed by atoms with van der Waals surface area (Å²) in [5, 5.41) is 23.1. The van der Waals surface area contributed by atoms with Crippen LogP contribution in [0.1, 0.15) is 36.5 Å². The lowest BCUT2D eigenvalue weighted by atomic mass is 9.98. The Bertz CT molecular complexity index is 759. The zero-order valence-corrected chi connectivity index (χ0v) is 15.2. The molecule has 3 N–H and O–H groups in total. The van der Waals surface area contributed by atoms with E-state index in [1.54, 1.807) is 6.07 Å². The van der Waals surface area contributed by atoms with E-state index in [-0.39, 0.29) is 18.1 Å². The Balaban J connectivity index is 2.35. The number of para-hydroxylation sites is 1. The lowest BCUT2D eigenvalue weighted by Gasteiger charge is -2.23. The van der Waals surface area contributed by atoms with E-state index in [0.717, 1.165) is 5.56 Å². The van der Waals surface area contributed by atoms with Gasteiger partial charge in [0.05, 0.1) is 0 Å². The third-order valence-corrected chi connectivity index (χ3v) is 4.15. The highest BCUT2D eigenvalue weighted by Crippen LogP contribution is 2.29. The Labute approximate surface area is 152 Å². The molecule has 2 rings (SSSR count). The van der Waals surface area contributed by atoms with E-state index in [9.17, 15) is 15.0 Å². The highest BCUT2D eigenvalue weighted by atomic mass is 35.5. The number of aliphatic hydroxyl groups is 2. The highest BCUT2D eigenvalue weighted by Gasteiger charge is 2.37. The van der Waals surface area contributed by atoms with Gasteiger partial charge in [0, 0.05) is 17.6 Å². The smallest absolute Gasteiger partial charge is 0.284 e. The molecular formula is C19H22ClNO4. The van der Waals surface area contributed by atoms with Gasteiger partial charge in [0.25, 0.3) is 11.7 Å². The number of benzene rings is 2. The maximum absolute atomic E-state index is 11.8. The first-order valence-corrected chi connectivity index (χ1v) is 8.32. The van der Waals surface area contributed by atoms with Crippen molar-refractivity contribution >= 4 is 17.5 Å². The molecule has 0 radical (unpaired) electrons. The van der Waals surface area contributed by atoms with Gasteiger partial charge in [-0.25, -0.2) is 0 Å². The fourth-order valence-corrected chi connectivity index (χ4v) is 2.76. The van der Waals surface area contributed by atoms with Crippen molar-refractivity contribution in [1.29, 1.82) is 0 Å². The molecule has 0 atom stereocenters. The normalized spacial score (nSPS) is 11.5. The average molecular weight is 364 g/mol. The van der Waals surface area contributed by atoms with Crippen LogP contribution in [0.25, 0.3) is 0 Å². The summed E-state index contributed by atoms with van der Waals surface area (Å²) in [6.07, 6.45) is 0. The zero-order valence-electron chi connectivity index (χ0n) is 14.4. The first kappa shape index (κ1) is 19.2. The molecule has 0 aliphatic rings. The van der Waals surface area contributed by atoms with Crippen LogP contribution in [0.5, 0.6) is 5.75 Å². The van der Waals surface area contributed by atoms with Crippen molar-refractivity contribution in [3.8, 4) is 5.75 Å². The highest BCUT2D eigenvalue weighted by molar-refractivity contribution is 6.30. The summed E-state index contributed by atoms with van der Waals surface area (Å²) in [4.78, 5) is 11.8. The summed E-state index contributed by atoms with van der Waals surface area (Å²) in [7, 11) is 1.33. The molecule has 0 aliphatic carbocycles. The van der Waals surface area contributed by atoms with Gasteiger partial charge in [0.1, 0.15) is 12.4 Å². The van der Waals surface area contributed by atoms with Crippen LogP contribution in [-0.4, -0.2) is 23.2 Å². The van der Waals surface area contributed by atoms with E-state index in [4.69, 9.17) is 16.3 Å². The predicted octanol–water partition coefficient (Wildman–Crippen LogP) is 2.93. The first-order chi connectivity index (χ1) is 11.8. The number of ether oxygens (including phenoxy) is 1. The molecule has 25 heavy (non-hydrogen) atoms. The molecule has 2 aromatic rings. The number of rotatable bonds is 6. The summed E-state index contributed by atoms with van der Waals surface area (Å²) < 4.78 is 5.88. The van der Waals surface area contributed by atoms with Crippen LogP contribution >= 0.6 is 11.6 Å². The molecule has 1 amide bonds. The molecule has 5 nitrogen and oxygen atoms in total. The summed E-state index contributed by atoms with van der Waals surface area (Å²) in [6.45, 7) is 4.16. The van der Waals surface area contributed by atoms with E-state index >= 15 is 0 Å². The number of amides is 1. The van der Waals surface area contributed by atoms with E-state index < -0.39 is 11.7 Å². The van der Waals surface area contributed by atoms with E-state index in [1.807, 2.05) is 24.3 Å². The van der Waals surface area contributed by atoms with Crippen molar-refractivity contribution in [3.63, 3.8) is 0 Å². The van der Waals surface area contributed by atoms with Gasteiger partial charge in [-0.3, -0.25) is 4.79 Å². The van der Waals surface area contributed by atoms with E-state index in [2.05, 4.69) is 19.2 Å². The summed E-state index contributed by atoms with van der Waals surface area (Å²) in [5.41, 5.74) is 1.48. The quantitative estimate of drug-likeness (QED) is 0.689. The zero-order chi connectivity index (χ0) is 18.6. The molecule has 0 saturated heterocycles. The van der Waals surface area contributed by atoms with Gasteiger partial charge in [-0.05, 0) is 35.2 Å². The minimum atomic E-state index is -2.67. The Morgan fingerprint density at radius 3 is 2.56 bits per heavy atom. The fraction of sp³-hybridized carbons (Fsp3) is 0.316. The number of halogens is 1. The molecule has 0 heterocycles. The molecule has 0 unspecified atom stereocenters. The van der Waals surface area contributed by atoms with Gasteiger partial charge < -0.3 is 20.3 Å². The van der Waals surface area contributed by atoms with Gasteiger partial charge >= 0.3 is 0 Å². The monoisotopic (exact) mass is 363 g/mol. The molecule has 0 bridgehead atoms. The van der Waals surface area contributed by atoms with Gasteiger partial charge in [0.15, 0.2) is 0 Å². The second kappa shape index (κ2) is 7.87. The molecule has 0 aliphatic heterocycles.